The molecule has 5 nitrogen and oxygen atoms in total. The lowest BCUT2D eigenvalue weighted by atomic mass is 10.0. The molecular formula is C14H15F2N3O2. The number of aryl methyl sites for hydroxylation is 1. The number of halogens is 2. The van der Waals surface area contributed by atoms with Gasteiger partial charge in [-0.25, -0.2) is 8.78 Å². The number of nitrogens with zero attached hydrogens (tertiary/aromatic N) is 3. The van der Waals surface area contributed by atoms with E-state index in [1.807, 2.05) is 4.90 Å². The van der Waals surface area contributed by atoms with E-state index >= 15 is 0 Å². The Morgan fingerprint density at radius 2 is 2.19 bits per heavy atom. The molecule has 1 fully saturated rings. The van der Waals surface area contributed by atoms with E-state index in [1.54, 1.807) is 6.92 Å². The molecule has 2 aromatic rings. The summed E-state index contributed by atoms with van der Waals surface area (Å²) in [7, 11) is 0. The maximum Gasteiger partial charge on any atom is 0.230 e. The monoisotopic (exact) mass is 295 g/mol. The molecule has 0 saturated carbocycles. The Bertz CT molecular complexity index is 647. The number of β-amino-alcohol motifs (C(OH)–C–C–N with tert-alkyl or cyclic N) is 1. The number of hydrogen-bond donors (Lipinski definition) is 1. The van der Waals surface area contributed by atoms with Crippen LogP contribution in [0.5, 0.6) is 0 Å². The Hall–Kier alpha value is -1.86. The Labute approximate surface area is 120 Å². The number of aliphatic hydroxyl groups excluding tert-OH is 1. The van der Waals surface area contributed by atoms with Crippen LogP contribution in [0.4, 0.5) is 8.78 Å². The van der Waals surface area contributed by atoms with E-state index in [4.69, 9.17) is 4.42 Å². The summed E-state index contributed by atoms with van der Waals surface area (Å²) in [5.74, 6) is -0.148. The van der Waals surface area contributed by atoms with E-state index in [9.17, 15) is 13.9 Å². The molecule has 2 heterocycles. The highest BCUT2D eigenvalue weighted by Gasteiger charge is 2.34. The molecule has 1 aliphatic rings. The maximum absolute atomic E-state index is 13.9. The van der Waals surface area contributed by atoms with Crippen molar-refractivity contribution in [2.45, 2.75) is 32.0 Å². The van der Waals surface area contributed by atoms with Crippen molar-refractivity contribution in [3.05, 3.63) is 47.2 Å². The van der Waals surface area contributed by atoms with Gasteiger partial charge in [0.25, 0.3) is 0 Å². The van der Waals surface area contributed by atoms with Gasteiger partial charge in [0.05, 0.1) is 12.6 Å². The first kappa shape index (κ1) is 14.1. The van der Waals surface area contributed by atoms with Crippen LogP contribution >= 0.6 is 0 Å². The summed E-state index contributed by atoms with van der Waals surface area (Å²) in [6, 6.07) is 2.94. The van der Waals surface area contributed by atoms with E-state index in [0.29, 0.717) is 31.3 Å². The topological polar surface area (TPSA) is 62.4 Å². The van der Waals surface area contributed by atoms with Gasteiger partial charge in [-0.1, -0.05) is 0 Å². The zero-order valence-electron chi connectivity index (χ0n) is 11.5. The molecular weight excluding hydrogens is 280 g/mol. The van der Waals surface area contributed by atoms with Crippen molar-refractivity contribution in [2.75, 3.05) is 6.54 Å². The van der Waals surface area contributed by atoms with Gasteiger partial charge in [0.2, 0.25) is 11.8 Å². The van der Waals surface area contributed by atoms with Crippen molar-refractivity contribution in [2.24, 2.45) is 0 Å². The Balaban J connectivity index is 1.86. The molecule has 21 heavy (non-hydrogen) atoms. The van der Waals surface area contributed by atoms with Gasteiger partial charge in [0.15, 0.2) is 0 Å². The highest BCUT2D eigenvalue weighted by atomic mass is 19.1. The van der Waals surface area contributed by atoms with Crippen molar-refractivity contribution in [1.29, 1.82) is 0 Å². The van der Waals surface area contributed by atoms with Crippen molar-refractivity contribution in [1.82, 2.24) is 15.1 Å². The number of aromatic nitrogens is 2. The van der Waals surface area contributed by atoms with E-state index < -0.39 is 23.8 Å². The average molecular weight is 295 g/mol. The van der Waals surface area contributed by atoms with Crippen molar-refractivity contribution in [3.8, 4) is 0 Å². The first-order valence-corrected chi connectivity index (χ1v) is 6.69. The second kappa shape index (κ2) is 5.50. The summed E-state index contributed by atoms with van der Waals surface area (Å²) in [4.78, 5) is 1.81. The summed E-state index contributed by atoms with van der Waals surface area (Å²) in [6.07, 6.45) is -0.255. The highest BCUT2D eigenvalue weighted by molar-refractivity contribution is 5.24. The number of benzene rings is 1. The molecule has 1 aromatic heterocycles. The second-order valence-electron chi connectivity index (χ2n) is 5.22. The minimum atomic E-state index is -0.596. The van der Waals surface area contributed by atoms with Crippen LogP contribution in [0.3, 0.4) is 0 Å². The lowest BCUT2D eigenvalue weighted by molar-refractivity contribution is 0.166. The van der Waals surface area contributed by atoms with E-state index in [1.165, 1.54) is 6.07 Å². The van der Waals surface area contributed by atoms with Gasteiger partial charge in [-0.2, -0.15) is 0 Å². The molecule has 1 aliphatic heterocycles. The first-order valence-electron chi connectivity index (χ1n) is 6.69. The molecule has 112 valence electrons. The fraction of sp³-hybridized carbons (Fsp3) is 0.429. The molecule has 0 amide bonds. The van der Waals surface area contributed by atoms with Crippen LogP contribution < -0.4 is 0 Å². The quantitative estimate of drug-likeness (QED) is 0.938. The zero-order chi connectivity index (χ0) is 15.0. The Kier molecular flexibility index (Phi) is 3.69. The molecule has 3 rings (SSSR count). The molecule has 0 radical (unpaired) electrons. The lowest BCUT2D eigenvalue weighted by Gasteiger charge is -2.23. The summed E-state index contributed by atoms with van der Waals surface area (Å²) in [5.41, 5.74) is 0.239. The number of rotatable bonds is 3. The third-order valence-corrected chi connectivity index (χ3v) is 3.60. The van der Waals surface area contributed by atoms with Crippen LogP contribution in [0.25, 0.3) is 0 Å². The maximum atomic E-state index is 13.9. The summed E-state index contributed by atoms with van der Waals surface area (Å²) in [6.45, 7) is 2.32. The fourth-order valence-electron chi connectivity index (χ4n) is 2.72. The molecule has 1 N–H and O–H groups in total. The molecule has 0 aliphatic carbocycles. The summed E-state index contributed by atoms with van der Waals surface area (Å²) >= 11 is 0. The predicted octanol–water partition coefficient (Wildman–Crippen LogP) is 1.96. The van der Waals surface area contributed by atoms with Crippen molar-refractivity contribution < 1.29 is 18.3 Å². The third-order valence-electron chi connectivity index (χ3n) is 3.60. The van der Waals surface area contributed by atoms with Crippen LogP contribution in [-0.2, 0) is 6.54 Å². The van der Waals surface area contributed by atoms with Gasteiger partial charge < -0.3 is 9.52 Å². The van der Waals surface area contributed by atoms with Crippen molar-refractivity contribution >= 4 is 0 Å². The molecule has 0 spiro atoms. The van der Waals surface area contributed by atoms with Gasteiger partial charge in [-0.05, 0) is 24.6 Å². The fourth-order valence-corrected chi connectivity index (χ4v) is 2.72. The molecule has 7 heteroatoms. The predicted molar refractivity (Wildman–Crippen MR) is 69.2 cm³/mol. The van der Waals surface area contributed by atoms with Gasteiger partial charge >= 0.3 is 0 Å². The number of aliphatic hydroxyl groups is 1. The van der Waals surface area contributed by atoms with Gasteiger partial charge in [0, 0.05) is 25.1 Å². The van der Waals surface area contributed by atoms with Gasteiger partial charge in [0.1, 0.15) is 11.6 Å². The highest BCUT2D eigenvalue weighted by Crippen LogP contribution is 2.34. The van der Waals surface area contributed by atoms with Crippen LogP contribution in [0.15, 0.2) is 22.6 Å². The number of hydrogen-bond acceptors (Lipinski definition) is 5. The van der Waals surface area contributed by atoms with E-state index in [0.717, 1.165) is 12.1 Å². The van der Waals surface area contributed by atoms with Crippen LogP contribution in [0.2, 0.25) is 0 Å². The zero-order valence-corrected chi connectivity index (χ0v) is 11.5. The number of likely N-dealkylation sites (tertiary alicyclic amines) is 1. The van der Waals surface area contributed by atoms with Crippen LogP contribution in [0, 0.1) is 18.6 Å². The normalized spacial score (nSPS) is 22.9. The second-order valence-corrected chi connectivity index (χ2v) is 5.22. The van der Waals surface area contributed by atoms with E-state index in [-0.39, 0.29) is 5.56 Å². The van der Waals surface area contributed by atoms with Crippen molar-refractivity contribution in [3.63, 3.8) is 0 Å². The smallest absolute Gasteiger partial charge is 0.230 e. The van der Waals surface area contributed by atoms with E-state index in [2.05, 4.69) is 10.2 Å². The standard InChI is InChI=1S/C14H15F2N3O2/c1-8-17-18-14(21-8)7-19-6-10(20)5-13(19)11-4-9(15)2-3-12(11)16/h2-4,10,13,20H,5-7H2,1H3/t10-,13-/m0/s1. The molecule has 0 unspecified atom stereocenters. The van der Waals surface area contributed by atoms with Crippen LogP contribution in [0.1, 0.15) is 29.8 Å². The molecule has 1 saturated heterocycles. The Morgan fingerprint density at radius 3 is 2.90 bits per heavy atom. The van der Waals surface area contributed by atoms with Gasteiger partial charge in [-0.3, -0.25) is 4.90 Å². The van der Waals surface area contributed by atoms with Gasteiger partial charge in [-0.15, -0.1) is 10.2 Å². The summed E-state index contributed by atoms with van der Waals surface area (Å²) < 4.78 is 32.6. The SMILES string of the molecule is Cc1nnc(CN2C[C@@H](O)C[C@H]2c2cc(F)ccc2F)o1. The molecule has 2 atom stereocenters. The first-order chi connectivity index (χ1) is 10.0. The third kappa shape index (κ3) is 2.93. The molecule has 0 bridgehead atoms. The Morgan fingerprint density at radius 1 is 1.38 bits per heavy atom. The largest absolute Gasteiger partial charge is 0.424 e. The molecule has 1 aromatic carbocycles. The van der Waals surface area contributed by atoms with Crippen LogP contribution in [-0.4, -0.2) is 32.9 Å². The minimum Gasteiger partial charge on any atom is -0.424 e. The summed E-state index contributed by atoms with van der Waals surface area (Å²) in [5, 5.41) is 17.5. The average Bonchev–Trinajstić information content (AvgIpc) is 2.99. The lowest BCUT2D eigenvalue weighted by Crippen LogP contribution is -2.25. The minimum absolute atomic E-state index is 0.239.